The van der Waals surface area contributed by atoms with E-state index in [4.69, 9.17) is 39.5 Å². The van der Waals surface area contributed by atoms with Crippen LogP contribution in [0.15, 0.2) is 65.4 Å². The zero-order valence-electron chi connectivity index (χ0n) is 17.9. The molecule has 0 radical (unpaired) electrons. The van der Waals surface area contributed by atoms with Gasteiger partial charge in [0, 0.05) is 17.3 Å². The number of pyridine rings is 1. The van der Waals surface area contributed by atoms with Crippen molar-refractivity contribution in [1.29, 1.82) is 0 Å². The number of hydrogen-bond acceptors (Lipinski definition) is 5. The van der Waals surface area contributed by atoms with Crippen LogP contribution in [0.25, 0.3) is 5.82 Å². The van der Waals surface area contributed by atoms with Crippen LogP contribution in [0.4, 0.5) is 16.2 Å². The van der Waals surface area contributed by atoms with Crippen molar-refractivity contribution in [3.63, 3.8) is 0 Å². The lowest BCUT2D eigenvalue weighted by molar-refractivity contribution is 0.101. The molecule has 2 N–H and O–H groups in total. The standard InChI is InChI=1S/C23H15BrCl3N5O3/c1-12-9-13(25)10-16(29-23(34)35-18-7-3-2-5-14(18)26)20(12)30-22(33)17-11-19(24)31-32(17)21-15(27)6-4-8-28-21/h2-11H,1H3,(H,29,34)(H,30,33). The Kier molecular flexibility index (Phi) is 7.61. The van der Waals surface area contributed by atoms with Gasteiger partial charge in [-0.15, -0.1) is 0 Å². The Morgan fingerprint density at radius 1 is 1.00 bits per heavy atom. The number of halogens is 4. The predicted octanol–water partition coefficient (Wildman–Crippen LogP) is 7.16. The Balaban J connectivity index is 1.63. The van der Waals surface area contributed by atoms with E-state index in [0.29, 0.717) is 25.9 Å². The first-order valence-electron chi connectivity index (χ1n) is 9.94. The maximum Gasteiger partial charge on any atom is 0.417 e. The van der Waals surface area contributed by atoms with E-state index in [2.05, 4.69) is 36.6 Å². The summed E-state index contributed by atoms with van der Waals surface area (Å²) in [6.45, 7) is 1.73. The number of nitrogens with zero attached hydrogens (tertiary/aromatic N) is 3. The fourth-order valence-corrected chi connectivity index (χ4v) is 4.18. The molecule has 2 amide bonds. The summed E-state index contributed by atoms with van der Waals surface area (Å²) in [7, 11) is 0. The molecule has 2 aromatic carbocycles. The number of carbonyl (C=O) groups excluding carboxylic acids is 2. The highest BCUT2D eigenvalue weighted by Gasteiger charge is 2.21. The third kappa shape index (κ3) is 5.76. The number of amides is 2. The molecular weight excluding hydrogens is 581 g/mol. The average molecular weight is 596 g/mol. The molecule has 0 atom stereocenters. The average Bonchev–Trinajstić information content (AvgIpc) is 3.19. The Bertz CT molecular complexity index is 1440. The lowest BCUT2D eigenvalue weighted by atomic mass is 10.1. The summed E-state index contributed by atoms with van der Waals surface area (Å²) in [5, 5.41) is 10.6. The van der Waals surface area contributed by atoms with Crippen molar-refractivity contribution in [2.24, 2.45) is 0 Å². The van der Waals surface area contributed by atoms with Crippen molar-refractivity contribution in [1.82, 2.24) is 14.8 Å². The molecule has 0 aliphatic carbocycles. The number of anilines is 2. The number of ether oxygens (including phenoxy) is 1. The highest BCUT2D eigenvalue weighted by molar-refractivity contribution is 9.10. The minimum absolute atomic E-state index is 0.149. The lowest BCUT2D eigenvalue weighted by Crippen LogP contribution is -2.21. The van der Waals surface area contributed by atoms with E-state index in [1.807, 2.05) is 0 Å². The second-order valence-electron chi connectivity index (χ2n) is 7.12. The number of benzene rings is 2. The summed E-state index contributed by atoms with van der Waals surface area (Å²) in [4.78, 5) is 30.1. The molecule has 8 nitrogen and oxygen atoms in total. The predicted molar refractivity (Wildman–Crippen MR) is 139 cm³/mol. The van der Waals surface area contributed by atoms with Gasteiger partial charge in [0.25, 0.3) is 5.91 Å². The van der Waals surface area contributed by atoms with E-state index < -0.39 is 12.0 Å². The smallest absolute Gasteiger partial charge is 0.409 e. The zero-order valence-corrected chi connectivity index (χ0v) is 21.7. The van der Waals surface area contributed by atoms with Crippen LogP contribution < -0.4 is 15.4 Å². The quantitative estimate of drug-likeness (QED) is 0.255. The van der Waals surface area contributed by atoms with Crippen molar-refractivity contribution >= 4 is 74.1 Å². The van der Waals surface area contributed by atoms with Crippen LogP contribution >= 0.6 is 50.7 Å². The van der Waals surface area contributed by atoms with Crippen LogP contribution in [0, 0.1) is 6.92 Å². The normalized spacial score (nSPS) is 10.7. The molecule has 4 rings (SSSR count). The minimum atomic E-state index is -0.816. The van der Waals surface area contributed by atoms with E-state index >= 15 is 0 Å². The number of rotatable bonds is 5. The molecule has 0 saturated heterocycles. The molecule has 0 bridgehead atoms. The van der Waals surface area contributed by atoms with E-state index in [1.54, 1.807) is 49.4 Å². The summed E-state index contributed by atoms with van der Waals surface area (Å²) in [6, 6.07) is 14.5. The van der Waals surface area contributed by atoms with Crippen molar-refractivity contribution in [2.45, 2.75) is 6.92 Å². The van der Waals surface area contributed by atoms with Crippen LogP contribution in [-0.2, 0) is 0 Å². The molecule has 0 saturated carbocycles. The van der Waals surface area contributed by atoms with Gasteiger partial charge < -0.3 is 10.1 Å². The van der Waals surface area contributed by atoms with Crippen LogP contribution in [-0.4, -0.2) is 26.8 Å². The lowest BCUT2D eigenvalue weighted by Gasteiger charge is -2.16. The zero-order chi connectivity index (χ0) is 25.1. The maximum atomic E-state index is 13.3. The molecule has 0 unspecified atom stereocenters. The van der Waals surface area contributed by atoms with Gasteiger partial charge in [0.2, 0.25) is 0 Å². The van der Waals surface area contributed by atoms with Crippen LogP contribution in [0.3, 0.4) is 0 Å². The Hall–Kier alpha value is -3.11. The van der Waals surface area contributed by atoms with Gasteiger partial charge in [0.1, 0.15) is 10.3 Å². The van der Waals surface area contributed by atoms with E-state index in [9.17, 15) is 9.59 Å². The highest BCUT2D eigenvalue weighted by Crippen LogP contribution is 2.32. The van der Waals surface area contributed by atoms with Gasteiger partial charge >= 0.3 is 6.09 Å². The van der Waals surface area contributed by atoms with Crippen LogP contribution in [0.5, 0.6) is 5.75 Å². The highest BCUT2D eigenvalue weighted by atomic mass is 79.9. The first kappa shape index (κ1) is 25.0. The van der Waals surface area contributed by atoms with Gasteiger partial charge in [0.15, 0.2) is 11.6 Å². The second-order valence-corrected chi connectivity index (χ2v) is 9.18. The number of aromatic nitrogens is 3. The van der Waals surface area contributed by atoms with E-state index in [-0.39, 0.29) is 28.0 Å². The molecule has 178 valence electrons. The molecule has 0 aliphatic rings. The Morgan fingerprint density at radius 3 is 2.49 bits per heavy atom. The third-order valence-electron chi connectivity index (χ3n) is 4.67. The van der Waals surface area contributed by atoms with Gasteiger partial charge in [-0.05, 0) is 64.8 Å². The molecule has 2 aromatic heterocycles. The van der Waals surface area contributed by atoms with E-state index in [0.717, 1.165) is 0 Å². The molecule has 4 aromatic rings. The van der Waals surface area contributed by atoms with Crippen molar-refractivity contribution in [2.75, 3.05) is 10.6 Å². The largest absolute Gasteiger partial charge is 0.417 e. The summed E-state index contributed by atoms with van der Waals surface area (Å²) in [6.07, 6.45) is 0.720. The molecule has 0 aliphatic heterocycles. The third-order valence-corrected chi connectivity index (χ3v) is 5.88. The maximum absolute atomic E-state index is 13.3. The number of para-hydroxylation sites is 1. The summed E-state index contributed by atoms with van der Waals surface area (Å²) >= 11 is 21.8. The molecular formula is C23H15BrCl3N5O3. The fourth-order valence-electron chi connectivity index (χ4n) is 3.16. The van der Waals surface area contributed by atoms with Crippen LogP contribution in [0.2, 0.25) is 15.1 Å². The summed E-state index contributed by atoms with van der Waals surface area (Å²) in [5.74, 6) is -0.0747. The van der Waals surface area contributed by atoms with Gasteiger partial charge in [-0.2, -0.15) is 5.10 Å². The van der Waals surface area contributed by atoms with Crippen molar-refractivity contribution in [3.05, 3.63) is 91.7 Å². The number of hydrogen-bond donors (Lipinski definition) is 2. The van der Waals surface area contributed by atoms with Crippen LogP contribution in [0.1, 0.15) is 16.1 Å². The molecule has 35 heavy (non-hydrogen) atoms. The Morgan fingerprint density at radius 2 is 1.74 bits per heavy atom. The fraction of sp³-hybridized carbons (Fsp3) is 0.0435. The molecule has 0 fully saturated rings. The first-order chi connectivity index (χ1) is 16.7. The second kappa shape index (κ2) is 10.7. The number of nitrogens with one attached hydrogen (secondary N) is 2. The molecule has 12 heteroatoms. The van der Waals surface area contributed by atoms with Crippen molar-refractivity contribution in [3.8, 4) is 11.6 Å². The summed E-state index contributed by atoms with van der Waals surface area (Å²) in [5.41, 5.74) is 1.28. The summed E-state index contributed by atoms with van der Waals surface area (Å²) < 4.78 is 7.00. The number of aryl methyl sites for hydroxylation is 1. The molecule has 2 heterocycles. The topological polar surface area (TPSA) is 98.1 Å². The SMILES string of the molecule is Cc1cc(Cl)cc(NC(=O)Oc2ccccc2Cl)c1NC(=O)c1cc(Br)nn1-c1ncccc1Cl. The molecule has 0 spiro atoms. The van der Waals surface area contributed by atoms with E-state index in [1.165, 1.54) is 23.0 Å². The van der Waals surface area contributed by atoms with Gasteiger partial charge in [0.05, 0.1) is 21.4 Å². The van der Waals surface area contributed by atoms with Gasteiger partial charge in [-0.1, -0.05) is 46.9 Å². The van der Waals surface area contributed by atoms with Gasteiger partial charge in [-0.25, -0.2) is 14.5 Å². The Labute approximate surface area is 223 Å². The first-order valence-corrected chi connectivity index (χ1v) is 11.9. The monoisotopic (exact) mass is 593 g/mol. The van der Waals surface area contributed by atoms with Gasteiger partial charge in [-0.3, -0.25) is 10.1 Å². The van der Waals surface area contributed by atoms with Crippen molar-refractivity contribution < 1.29 is 14.3 Å². The number of carbonyl (C=O) groups is 2. The minimum Gasteiger partial charge on any atom is -0.409 e.